The predicted octanol–water partition coefficient (Wildman–Crippen LogP) is 3.07. The van der Waals surface area contributed by atoms with Crippen LogP contribution in [0.3, 0.4) is 0 Å². The average Bonchev–Trinajstić information content (AvgIpc) is 2.69. The van der Waals surface area contributed by atoms with Crippen molar-refractivity contribution in [1.82, 2.24) is 16.0 Å². The van der Waals surface area contributed by atoms with Crippen molar-refractivity contribution in [3.05, 3.63) is 30.1 Å². The van der Waals surface area contributed by atoms with Gasteiger partial charge in [0.05, 0.1) is 6.54 Å². The van der Waals surface area contributed by atoms with Crippen molar-refractivity contribution >= 4 is 35.8 Å². The lowest BCUT2D eigenvalue weighted by Crippen LogP contribution is -2.45. The Labute approximate surface area is 184 Å². The van der Waals surface area contributed by atoms with Crippen molar-refractivity contribution in [2.45, 2.75) is 45.1 Å². The molecule has 0 radical (unpaired) electrons. The first-order chi connectivity index (χ1) is 13.1. The smallest absolute Gasteiger partial charge is 0.223 e. The second-order valence-corrected chi connectivity index (χ2v) is 6.86. The Hall–Kier alpha value is -1.58. The zero-order valence-electron chi connectivity index (χ0n) is 16.7. The highest BCUT2D eigenvalue weighted by atomic mass is 127. The minimum atomic E-state index is -0.374. The van der Waals surface area contributed by atoms with Crippen LogP contribution in [0.4, 0.5) is 4.39 Å². The zero-order chi connectivity index (χ0) is 19.5. The Morgan fingerprint density at radius 2 is 1.86 bits per heavy atom. The van der Waals surface area contributed by atoms with Gasteiger partial charge in [-0.3, -0.25) is 9.79 Å². The predicted molar refractivity (Wildman–Crippen MR) is 121 cm³/mol. The first-order valence-corrected chi connectivity index (χ1v) is 9.73. The highest BCUT2D eigenvalue weighted by molar-refractivity contribution is 14.0. The molecule has 1 aliphatic rings. The molecule has 1 unspecified atom stereocenters. The Morgan fingerprint density at radius 1 is 1.18 bits per heavy atom. The van der Waals surface area contributed by atoms with E-state index in [4.69, 9.17) is 4.74 Å². The number of nitrogens with zero attached hydrogens (tertiary/aromatic N) is 1. The fourth-order valence-electron chi connectivity index (χ4n) is 3.14. The maximum Gasteiger partial charge on any atom is 0.223 e. The first kappa shape index (κ1) is 24.5. The van der Waals surface area contributed by atoms with E-state index in [2.05, 4.69) is 20.9 Å². The molecule has 2 rings (SSSR count). The number of guanidine groups is 1. The number of aliphatic imine (C=N–C) groups is 1. The molecular formula is C20H32FIN4O2. The molecule has 1 atom stereocenters. The number of amides is 1. The van der Waals surface area contributed by atoms with Gasteiger partial charge in [-0.05, 0) is 31.9 Å². The summed E-state index contributed by atoms with van der Waals surface area (Å²) in [6, 6.07) is 6.34. The fraction of sp³-hybridized carbons (Fsp3) is 0.600. The summed E-state index contributed by atoms with van der Waals surface area (Å²) >= 11 is 0. The van der Waals surface area contributed by atoms with Gasteiger partial charge in [0.1, 0.15) is 6.10 Å². The van der Waals surface area contributed by atoms with Gasteiger partial charge in [-0.2, -0.15) is 0 Å². The van der Waals surface area contributed by atoms with Crippen LogP contribution in [-0.4, -0.2) is 44.7 Å². The molecule has 158 valence electrons. The Bertz CT molecular complexity index is 624. The summed E-state index contributed by atoms with van der Waals surface area (Å²) < 4.78 is 19.2. The second-order valence-electron chi connectivity index (χ2n) is 6.86. The van der Waals surface area contributed by atoms with Crippen molar-refractivity contribution in [3.63, 3.8) is 0 Å². The minimum Gasteiger partial charge on any atom is -0.486 e. The molecule has 0 heterocycles. The van der Waals surface area contributed by atoms with Crippen molar-refractivity contribution in [2.75, 3.05) is 26.7 Å². The lowest BCUT2D eigenvalue weighted by Gasteiger charge is -2.21. The quantitative estimate of drug-likeness (QED) is 0.219. The number of para-hydroxylation sites is 1. The number of benzene rings is 1. The summed E-state index contributed by atoms with van der Waals surface area (Å²) in [6.07, 6.45) is 5.32. The lowest BCUT2D eigenvalue weighted by atomic mass is 9.89. The Morgan fingerprint density at radius 3 is 2.54 bits per heavy atom. The maximum absolute atomic E-state index is 13.6. The van der Waals surface area contributed by atoms with Crippen LogP contribution in [-0.2, 0) is 4.79 Å². The summed E-state index contributed by atoms with van der Waals surface area (Å²) in [7, 11) is 1.68. The molecule has 1 aliphatic carbocycles. The molecule has 1 saturated carbocycles. The molecule has 6 nitrogen and oxygen atoms in total. The highest BCUT2D eigenvalue weighted by Crippen LogP contribution is 2.23. The van der Waals surface area contributed by atoms with Crippen molar-refractivity contribution in [2.24, 2.45) is 10.9 Å². The van der Waals surface area contributed by atoms with Crippen LogP contribution in [0.15, 0.2) is 29.3 Å². The van der Waals surface area contributed by atoms with E-state index in [1.165, 1.54) is 12.5 Å². The monoisotopic (exact) mass is 506 g/mol. The van der Waals surface area contributed by atoms with Crippen LogP contribution in [0.1, 0.15) is 39.0 Å². The summed E-state index contributed by atoms with van der Waals surface area (Å²) in [4.78, 5) is 16.2. The van der Waals surface area contributed by atoms with Gasteiger partial charge in [-0.15, -0.1) is 24.0 Å². The summed E-state index contributed by atoms with van der Waals surface area (Å²) in [6.45, 7) is 3.47. The zero-order valence-corrected chi connectivity index (χ0v) is 19.0. The molecule has 0 bridgehead atoms. The number of hydrogen-bond donors (Lipinski definition) is 3. The second kappa shape index (κ2) is 13.6. The van der Waals surface area contributed by atoms with Crippen LogP contribution in [0.2, 0.25) is 0 Å². The average molecular weight is 506 g/mol. The number of carbonyl (C=O) groups is 1. The van der Waals surface area contributed by atoms with Gasteiger partial charge in [-0.25, -0.2) is 4.39 Å². The third-order valence-corrected chi connectivity index (χ3v) is 4.64. The number of halogens is 2. The summed E-state index contributed by atoms with van der Waals surface area (Å²) in [5, 5.41) is 9.28. The Kier molecular flexibility index (Phi) is 11.9. The molecule has 0 aliphatic heterocycles. The molecule has 1 aromatic rings. The van der Waals surface area contributed by atoms with E-state index in [0.717, 1.165) is 25.7 Å². The van der Waals surface area contributed by atoms with Gasteiger partial charge in [0.15, 0.2) is 17.5 Å². The van der Waals surface area contributed by atoms with Crippen LogP contribution in [0.5, 0.6) is 5.75 Å². The fourth-order valence-corrected chi connectivity index (χ4v) is 3.14. The number of carbonyl (C=O) groups excluding carboxylic acids is 1. The van der Waals surface area contributed by atoms with E-state index in [-0.39, 0.29) is 53.5 Å². The molecular weight excluding hydrogens is 474 g/mol. The van der Waals surface area contributed by atoms with E-state index in [9.17, 15) is 9.18 Å². The first-order valence-electron chi connectivity index (χ1n) is 9.73. The molecule has 0 saturated heterocycles. The van der Waals surface area contributed by atoms with E-state index < -0.39 is 0 Å². The largest absolute Gasteiger partial charge is 0.486 e. The molecule has 28 heavy (non-hydrogen) atoms. The van der Waals surface area contributed by atoms with E-state index in [1.54, 1.807) is 25.2 Å². The minimum absolute atomic E-state index is 0. The van der Waals surface area contributed by atoms with Crippen molar-refractivity contribution in [1.29, 1.82) is 0 Å². The van der Waals surface area contributed by atoms with E-state index in [0.29, 0.717) is 25.6 Å². The van der Waals surface area contributed by atoms with Gasteiger partial charge in [0.25, 0.3) is 0 Å². The lowest BCUT2D eigenvalue weighted by molar-refractivity contribution is -0.125. The van der Waals surface area contributed by atoms with Gasteiger partial charge >= 0.3 is 0 Å². The molecule has 0 spiro atoms. The van der Waals surface area contributed by atoms with Crippen molar-refractivity contribution in [3.8, 4) is 5.75 Å². The van der Waals surface area contributed by atoms with E-state index in [1.807, 2.05) is 6.92 Å². The van der Waals surface area contributed by atoms with Crippen molar-refractivity contribution < 1.29 is 13.9 Å². The van der Waals surface area contributed by atoms with Gasteiger partial charge < -0.3 is 20.7 Å². The number of rotatable bonds is 8. The molecule has 1 fully saturated rings. The van der Waals surface area contributed by atoms with Gasteiger partial charge in [-0.1, -0.05) is 31.4 Å². The normalized spacial score (nSPS) is 15.9. The molecule has 3 N–H and O–H groups in total. The number of hydrogen-bond acceptors (Lipinski definition) is 3. The molecule has 1 aromatic carbocycles. The molecule has 0 aromatic heterocycles. The van der Waals surface area contributed by atoms with Crippen LogP contribution >= 0.6 is 24.0 Å². The SMILES string of the molecule is CN=C(NCCNC(=O)C1CCCCC1)NCC(C)Oc1ccccc1F.I. The number of nitrogens with one attached hydrogen (secondary N) is 3. The number of ether oxygens (including phenoxy) is 1. The van der Waals surface area contributed by atoms with Crippen LogP contribution < -0.4 is 20.7 Å². The highest BCUT2D eigenvalue weighted by Gasteiger charge is 2.20. The standard InChI is InChI=1S/C20H31FN4O2.HI/c1-15(27-18-11-7-6-10-17(18)21)14-25-20(22-2)24-13-12-23-19(26)16-8-4-3-5-9-16;/h6-7,10-11,15-16H,3-5,8-9,12-14H2,1-2H3,(H,23,26)(H2,22,24,25);1H. The Balaban J connectivity index is 0.00000392. The summed E-state index contributed by atoms with van der Waals surface area (Å²) in [5.41, 5.74) is 0. The summed E-state index contributed by atoms with van der Waals surface area (Å²) in [5.74, 6) is 0.811. The van der Waals surface area contributed by atoms with Gasteiger partial charge in [0.2, 0.25) is 5.91 Å². The molecule has 1 amide bonds. The van der Waals surface area contributed by atoms with Gasteiger partial charge in [0, 0.05) is 26.1 Å². The molecule has 8 heteroatoms. The maximum atomic E-state index is 13.6. The van der Waals surface area contributed by atoms with E-state index >= 15 is 0 Å². The third-order valence-electron chi connectivity index (χ3n) is 4.64. The van der Waals surface area contributed by atoms with Crippen LogP contribution in [0.25, 0.3) is 0 Å². The van der Waals surface area contributed by atoms with Crippen LogP contribution in [0, 0.1) is 11.7 Å². The third kappa shape index (κ3) is 8.62. The topological polar surface area (TPSA) is 74.8 Å².